The number of halogens is 1. The van der Waals surface area contributed by atoms with Crippen molar-refractivity contribution in [3.8, 4) is 17.2 Å². The topological polar surface area (TPSA) is 39.7 Å². The molecule has 1 fully saturated rings. The van der Waals surface area contributed by atoms with Crippen molar-refractivity contribution in [1.82, 2.24) is 5.32 Å². The average molecular weight is 337 g/mol. The van der Waals surface area contributed by atoms with Crippen molar-refractivity contribution in [2.75, 3.05) is 26.4 Å². The lowest BCUT2D eigenvalue weighted by Gasteiger charge is -2.32. The van der Waals surface area contributed by atoms with Crippen LogP contribution in [0, 0.1) is 11.7 Å². The van der Waals surface area contributed by atoms with E-state index in [0.717, 1.165) is 12.1 Å². The van der Waals surface area contributed by atoms with Gasteiger partial charge in [-0.25, -0.2) is 4.39 Å². The molecule has 1 unspecified atom stereocenters. The summed E-state index contributed by atoms with van der Waals surface area (Å²) >= 11 is 0. The molecule has 2 atom stereocenters. The highest BCUT2D eigenvalue weighted by atomic mass is 19.1. The van der Waals surface area contributed by atoms with Crippen LogP contribution < -0.4 is 19.5 Å². The molecule has 5 heteroatoms. The SMILES string of the molecule is [2H]C1([2H])Oc2ccc(OC[C@@]3([2H])C([2H])([2H])NCC([2H])([2H])C3([2H])c3ccc(F)cc3)cc2O1. The Morgan fingerprint density at radius 1 is 1.21 bits per heavy atom. The van der Waals surface area contributed by atoms with E-state index in [-0.39, 0.29) is 22.8 Å². The van der Waals surface area contributed by atoms with E-state index in [2.05, 4.69) is 5.32 Å². The van der Waals surface area contributed by atoms with Gasteiger partial charge in [0.1, 0.15) is 14.3 Å². The third-order valence-electron chi connectivity index (χ3n) is 3.63. The second-order valence-electron chi connectivity index (χ2n) is 5.20. The van der Waals surface area contributed by atoms with Gasteiger partial charge in [-0.05, 0) is 48.6 Å². The van der Waals surface area contributed by atoms with Crippen LogP contribution in [0.2, 0.25) is 0 Å². The van der Waals surface area contributed by atoms with Crippen LogP contribution in [-0.4, -0.2) is 26.4 Å². The molecular weight excluding hydrogens is 309 g/mol. The smallest absolute Gasteiger partial charge is 0.231 e. The lowest BCUT2D eigenvalue weighted by Crippen LogP contribution is -2.38. The first-order valence-corrected chi connectivity index (χ1v) is 7.37. The Hall–Kier alpha value is -2.27. The Morgan fingerprint density at radius 3 is 2.92 bits per heavy atom. The molecule has 4 nitrogen and oxygen atoms in total. The normalized spacial score (nSPS) is 39.7. The van der Waals surface area contributed by atoms with E-state index in [0.29, 0.717) is 0 Å². The second kappa shape index (κ2) is 6.69. The first-order valence-electron chi connectivity index (χ1n) is 11.4. The predicted molar refractivity (Wildman–Crippen MR) is 88.2 cm³/mol. The van der Waals surface area contributed by atoms with Gasteiger partial charge in [-0.2, -0.15) is 0 Å². The molecule has 24 heavy (non-hydrogen) atoms. The van der Waals surface area contributed by atoms with Crippen LogP contribution in [0.5, 0.6) is 17.2 Å². The molecule has 1 N–H and O–H groups in total. The van der Waals surface area contributed by atoms with Crippen molar-refractivity contribution in [1.29, 1.82) is 0 Å². The van der Waals surface area contributed by atoms with E-state index in [9.17, 15) is 4.39 Å². The summed E-state index contributed by atoms with van der Waals surface area (Å²) in [6.07, 6.45) is -2.41. The Kier molecular flexibility index (Phi) is 2.43. The molecule has 0 aromatic heterocycles. The molecule has 0 spiro atoms. The van der Waals surface area contributed by atoms with E-state index >= 15 is 0 Å². The standard InChI is InChI=1S/C19H20FNO3/c20-15-3-1-13(2-4-15)17-7-8-21-10-14(17)11-22-16-5-6-18-19(9-16)24-12-23-18/h1-6,9,14,17,21H,7-8,10-12H2/t14-,17?/m1/s1/i7D2,10D2,12D2,14D,17D. The second-order valence-corrected chi connectivity index (χ2v) is 5.20. The number of hydrogen-bond donors (Lipinski definition) is 1. The third kappa shape index (κ3) is 3.17. The molecule has 2 aromatic carbocycles. The zero-order valence-corrected chi connectivity index (χ0v) is 12.6. The summed E-state index contributed by atoms with van der Waals surface area (Å²) in [5.74, 6) is -5.35. The van der Waals surface area contributed by atoms with Crippen LogP contribution in [0.15, 0.2) is 42.5 Å². The van der Waals surface area contributed by atoms with E-state index in [1.165, 1.54) is 30.3 Å². The van der Waals surface area contributed by atoms with Crippen LogP contribution in [0.4, 0.5) is 4.39 Å². The zero-order valence-electron chi connectivity index (χ0n) is 20.6. The summed E-state index contributed by atoms with van der Waals surface area (Å²) in [5, 5.41) is 2.37. The number of ether oxygens (including phenoxy) is 3. The summed E-state index contributed by atoms with van der Waals surface area (Å²) in [6, 6.07) is 8.50. The minimum Gasteiger partial charge on any atom is -0.493 e. The fraction of sp³-hybridized carbons (Fsp3) is 0.368. The maximum atomic E-state index is 13.5. The van der Waals surface area contributed by atoms with E-state index in [4.69, 9.17) is 25.2 Å². The van der Waals surface area contributed by atoms with Crippen LogP contribution >= 0.6 is 0 Å². The number of fused-ring (bicyclic) bond motifs is 1. The summed E-state index contributed by atoms with van der Waals surface area (Å²) in [6.45, 7) is -6.19. The lowest BCUT2D eigenvalue weighted by atomic mass is 9.81. The summed E-state index contributed by atoms with van der Waals surface area (Å²) in [4.78, 5) is 0. The van der Waals surface area contributed by atoms with Gasteiger partial charge in [0.25, 0.3) is 0 Å². The van der Waals surface area contributed by atoms with Gasteiger partial charge in [-0.15, -0.1) is 0 Å². The Bertz CT molecular complexity index is 1040. The van der Waals surface area contributed by atoms with Crippen LogP contribution in [0.3, 0.4) is 0 Å². The number of nitrogens with one attached hydrogen (secondary N) is 1. The Balaban J connectivity index is 1.71. The quantitative estimate of drug-likeness (QED) is 0.929. The monoisotopic (exact) mass is 337 g/mol. The molecule has 0 radical (unpaired) electrons. The van der Waals surface area contributed by atoms with Crippen molar-refractivity contribution in [3.63, 3.8) is 0 Å². The molecule has 2 heterocycles. The fourth-order valence-electron chi connectivity index (χ4n) is 2.46. The summed E-state index contributed by atoms with van der Waals surface area (Å²) < 4.78 is 95.7. The molecule has 2 aliphatic rings. The lowest BCUT2D eigenvalue weighted by molar-refractivity contribution is 0.173. The zero-order chi connectivity index (χ0) is 23.6. The highest BCUT2D eigenvalue weighted by Gasteiger charge is 2.27. The van der Waals surface area contributed by atoms with Crippen molar-refractivity contribution >= 4 is 0 Å². The van der Waals surface area contributed by atoms with Gasteiger partial charge in [0.2, 0.25) is 6.75 Å². The molecule has 4 rings (SSSR count). The molecule has 126 valence electrons. The molecule has 0 amide bonds. The maximum Gasteiger partial charge on any atom is 0.231 e. The molecule has 2 aliphatic heterocycles. The molecule has 0 saturated carbocycles. The van der Waals surface area contributed by atoms with Gasteiger partial charge in [0.05, 0.1) is 6.61 Å². The van der Waals surface area contributed by atoms with Crippen molar-refractivity contribution in [3.05, 3.63) is 53.8 Å². The van der Waals surface area contributed by atoms with Gasteiger partial charge in [-0.3, -0.25) is 0 Å². The van der Waals surface area contributed by atoms with Crippen molar-refractivity contribution in [2.24, 2.45) is 5.89 Å². The van der Waals surface area contributed by atoms with Crippen molar-refractivity contribution < 1.29 is 29.6 Å². The van der Waals surface area contributed by atoms with Crippen LogP contribution in [0.25, 0.3) is 0 Å². The minimum atomic E-state index is -2.55. The van der Waals surface area contributed by atoms with Crippen LogP contribution in [-0.2, 0) is 0 Å². The minimum absolute atomic E-state index is 0.0438. The molecule has 0 bridgehead atoms. The maximum absolute atomic E-state index is 13.5. The molecule has 0 aliphatic carbocycles. The van der Waals surface area contributed by atoms with E-state index in [1.54, 1.807) is 0 Å². The van der Waals surface area contributed by atoms with E-state index in [1.807, 2.05) is 0 Å². The first kappa shape index (κ1) is 8.72. The molecular formula is C19H20FNO3. The van der Waals surface area contributed by atoms with Gasteiger partial charge >= 0.3 is 0 Å². The first-order chi connectivity index (χ1) is 14.7. The molecule has 2 aromatic rings. The highest BCUT2D eigenvalue weighted by molar-refractivity contribution is 5.46. The molecule has 1 saturated heterocycles. The number of hydrogen-bond acceptors (Lipinski definition) is 4. The highest BCUT2D eigenvalue weighted by Crippen LogP contribution is 2.36. The largest absolute Gasteiger partial charge is 0.493 e. The summed E-state index contributed by atoms with van der Waals surface area (Å²) in [5.41, 5.74) is -0.0632. The van der Waals surface area contributed by atoms with E-state index < -0.39 is 50.4 Å². The van der Waals surface area contributed by atoms with Gasteiger partial charge < -0.3 is 19.5 Å². The van der Waals surface area contributed by atoms with Gasteiger partial charge in [0, 0.05) is 26.7 Å². The summed E-state index contributed by atoms with van der Waals surface area (Å²) in [7, 11) is 0. The number of rotatable bonds is 4. The van der Waals surface area contributed by atoms with Gasteiger partial charge in [0.15, 0.2) is 11.5 Å². The third-order valence-corrected chi connectivity index (χ3v) is 3.63. The van der Waals surface area contributed by atoms with Crippen LogP contribution in [0.1, 0.15) is 28.8 Å². The number of piperidine rings is 1. The average Bonchev–Trinajstić information content (AvgIpc) is 3.02. The fourth-order valence-corrected chi connectivity index (χ4v) is 2.46. The van der Waals surface area contributed by atoms with Crippen molar-refractivity contribution in [2.45, 2.75) is 12.3 Å². The number of benzene rings is 2. The Labute approximate surface area is 151 Å². The Morgan fingerprint density at radius 2 is 2.04 bits per heavy atom. The van der Waals surface area contributed by atoms with Gasteiger partial charge in [-0.1, -0.05) is 12.1 Å². The predicted octanol–water partition coefficient (Wildman–Crippen LogP) is 3.33.